The first-order valence-corrected chi connectivity index (χ1v) is 3.63. The second-order valence-electron chi connectivity index (χ2n) is 2.52. The molecule has 1 rings (SSSR count). The van der Waals surface area contributed by atoms with Gasteiger partial charge in [-0.3, -0.25) is 9.79 Å². The quantitative estimate of drug-likeness (QED) is 0.610. The molecule has 0 aromatic carbocycles. The van der Waals surface area contributed by atoms with Gasteiger partial charge in [-0.05, 0) is 12.8 Å². The molecule has 1 aliphatic heterocycles. The standard InChI is InChI=1S/C7H12N2O2.ClH/c1-11-7(10)5-3-2-4-9-6(5)8;/h5H,2-4H2,1H3,(H2,8,9);1H. The molecule has 0 aliphatic carbocycles. The lowest BCUT2D eigenvalue weighted by atomic mass is 10.00. The maximum absolute atomic E-state index is 11.0. The van der Waals surface area contributed by atoms with Crippen molar-refractivity contribution >= 4 is 24.2 Å². The Kier molecular flexibility index (Phi) is 4.66. The van der Waals surface area contributed by atoms with E-state index in [0.29, 0.717) is 5.84 Å². The summed E-state index contributed by atoms with van der Waals surface area (Å²) in [5.41, 5.74) is 5.50. The predicted octanol–water partition coefficient (Wildman–Crippen LogP) is 0.348. The fraction of sp³-hybridized carbons (Fsp3) is 0.714. The summed E-state index contributed by atoms with van der Waals surface area (Å²) >= 11 is 0. The first-order valence-electron chi connectivity index (χ1n) is 3.63. The molecule has 2 N–H and O–H groups in total. The summed E-state index contributed by atoms with van der Waals surface area (Å²) in [6.45, 7) is 0.735. The smallest absolute Gasteiger partial charge is 0.316 e. The van der Waals surface area contributed by atoms with Crippen LogP contribution in [0.15, 0.2) is 4.99 Å². The van der Waals surface area contributed by atoms with E-state index < -0.39 is 0 Å². The van der Waals surface area contributed by atoms with Crippen molar-refractivity contribution in [1.82, 2.24) is 0 Å². The molecule has 12 heavy (non-hydrogen) atoms. The summed E-state index contributed by atoms with van der Waals surface area (Å²) in [5.74, 6) is -0.150. The van der Waals surface area contributed by atoms with Crippen LogP contribution in [0.3, 0.4) is 0 Å². The first kappa shape index (κ1) is 11.2. The Hall–Kier alpha value is -0.770. The van der Waals surface area contributed by atoms with E-state index in [0.717, 1.165) is 19.4 Å². The Balaban J connectivity index is 0.00000121. The molecule has 0 aromatic rings. The van der Waals surface area contributed by atoms with Gasteiger partial charge in [0.05, 0.1) is 7.11 Å². The number of rotatable bonds is 1. The SMILES string of the molecule is COC(=O)C1CCCN=C1N.Cl. The van der Waals surface area contributed by atoms with E-state index in [-0.39, 0.29) is 24.3 Å². The lowest BCUT2D eigenvalue weighted by Gasteiger charge is -2.17. The van der Waals surface area contributed by atoms with E-state index in [9.17, 15) is 4.79 Å². The third-order valence-electron chi connectivity index (χ3n) is 1.79. The molecule has 0 amide bonds. The molecule has 0 bridgehead atoms. The lowest BCUT2D eigenvalue weighted by Crippen LogP contribution is -2.34. The summed E-state index contributed by atoms with van der Waals surface area (Å²) in [4.78, 5) is 15.0. The van der Waals surface area contributed by atoms with Crippen molar-refractivity contribution in [2.45, 2.75) is 12.8 Å². The zero-order valence-electron chi connectivity index (χ0n) is 6.95. The number of nitrogens with zero attached hydrogens (tertiary/aromatic N) is 1. The molecule has 0 saturated carbocycles. The molecule has 0 saturated heterocycles. The minimum atomic E-state index is -0.297. The normalized spacial score (nSPS) is 22.1. The van der Waals surface area contributed by atoms with Gasteiger partial charge in [-0.1, -0.05) is 0 Å². The molecule has 0 spiro atoms. The van der Waals surface area contributed by atoms with E-state index in [1.807, 2.05) is 0 Å². The van der Waals surface area contributed by atoms with Gasteiger partial charge in [-0.15, -0.1) is 12.4 Å². The zero-order chi connectivity index (χ0) is 8.27. The maximum atomic E-state index is 11.0. The second-order valence-corrected chi connectivity index (χ2v) is 2.52. The Morgan fingerprint density at radius 1 is 1.75 bits per heavy atom. The van der Waals surface area contributed by atoms with Crippen LogP contribution >= 0.6 is 12.4 Å². The average Bonchev–Trinajstić information content (AvgIpc) is 2.04. The van der Waals surface area contributed by atoms with Gasteiger partial charge in [-0.25, -0.2) is 0 Å². The van der Waals surface area contributed by atoms with E-state index in [1.165, 1.54) is 7.11 Å². The van der Waals surface area contributed by atoms with E-state index in [1.54, 1.807) is 0 Å². The molecular formula is C7H13ClN2O2. The molecular weight excluding hydrogens is 180 g/mol. The number of ether oxygens (including phenoxy) is 1. The van der Waals surface area contributed by atoms with Crippen LogP contribution in [0.25, 0.3) is 0 Å². The summed E-state index contributed by atoms with van der Waals surface area (Å²) in [7, 11) is 1.37. The lowest BCUT2D eigenvalue weighted by molar-refractivity contribution is -0.143. The van der Waals surface area contributed by atoms with E-state index in [4.69, 9.17) is 5.73 Å². The topological polar surface area (TPSA) is 64.7 Å². The molecule has 70 valence electrons. The molecule has 1 aliphatic rings. The number of carbonyl (C=O) groups excluding carboxylic acids is 1. The molecule has 5 heteroatoms. The second kappa shape index (κ2) is 4.98. The van der Waals surface area contributed by atoms with Crippen LogP contribution < -0.4 is 5.73 Å². The Morgan fingerprint density at radius 3 is 2.92 bits per heavy atom. The van der Waals surface area contributed by atoms with Crippen molar-refractivity contribution in [3.05, 3.63) is 0 Å². The number of carbonyl (C=O) groups is 1. The number of aliphatic imine (C=N–C) groups is 1. The number of hydrogen-bond donors (Lipinski definition) is 1. The van der Waals surface area contributed by atoms with Crippen LogP contribution in [-0.2, 0) is 9.53 Å². The van der Waals surface area contributed by atoms with Gasteiger partial charge in [0.1, 0.15) is 11.8 Å². The fourth-order valence-electron chi connectivity index (χ4n) is 1.14. The molecule has 0 aromatic heterocycles. The number of methoxy groups -OCH3 is 1. The van der Waals surface area contributed by atoms with Crippen LogP contribution in [0, 0.1) is 5.92 Å². The molecule has 1 atom stereocenters. The van der Waals surface area contributed by atoms with Crippen molar-refractivity contribution in [2.24, 2.45) is 16.6 Å². The predicted molar refractivity (Wildman–Crippen MR) is 48.5 cm³/mol. The number of esters is 1. The van der Waals surface area contributed by atoms with Crippen LogP contribution in [0.4, 0.5) is 0 Å². The monoisotopic (exact) mass is 192 g/mol. The van der Waals surface area contributed by atoms with Crippen LogP contribution in [0.5, 0.6) is 0 Å². The maximum Gasteiger partial charge on any atom is 0.316 e. The van der Waals surface area contributed by atoms with Crippen molar-refractivity contribution in [3.63, 3.8) is 0 Å². The highest BCUT2D eigenvalue weighted by Crippen LogP contribution is 2.13. The van der Waals surface area contributed by atoms with Gasteiger partial charge in [0.2, 0.25) is 0 Å². The van der Waals surface area contributed by atoms with Gasteiger partial charge in [0.15, 0.2) is 0 Å². The molecule has 4 nitrogen and oxygen atoms in total. The third-order valence-corrected chi connectivity index (χ3v) is 1.79. The zero-order valence-corrected chi connectivity index (χ0v) is 7.76. The van der Waals surface area contributed by atoms with Gasteiger partial charge in [0, 0.05) is 6.54 Å². The van der Waals surface area contributed by atoms with Gasteiger partial charge in [0.25, 0.3) is 0 Å². The van der Waals surface area contributed by atoms with Crippen molar-refractivity contribution < 1.29 is 9.53 Å². The number of amidine groups is 1. The average molecular weight is 193 g/mol. The molecule has 1 heterocycles. The Morgan fingerprint density at radius 2 is 2.42 bits per heavy atom. The number of halogens is 1. The summed E-state index contributed by atoms with van der Waals surface area (Å²) in [6.07, 6.45) is 1.68. The van der Waals surface area contributed by atoms with Crippen molar-refractivity contribution in [2.75, 3.05) is 13.7 Å². The number of nitrogens with two attached hydrogens (primary N) is 1. The number of hydrogen-bond acceptors (Lipinski definition) is 4. The highest BCUT2D eigenvalue weighted by atomic mass is 35.5. The molecule has 1 unspecified atom stereocenters. The highest BCUT2D eigenvalue weighted by Gasteiger charge is 2.24. The van der Waals surface area contributed by atoms with Gasteiger partial charge < -0.3 is 10.5 Å². The van der Waals surface area contributed by atoms with Gasteiger partial charge in [-0.2, -0.15) is 0 Å². The minimum Gasteiger partial charge on any atom is -0.468 e. The van der Waals surface area contributed by atoms with E-state index in [2.05, 4.69) is 9.73 Å². The van der Waals surface area contributed by atoms with Crippen LogP contribution in [0.2, 0.25) is 0 Å². The van der Waals surface area contributed by atoms with Crippen molar-refractivity contribution in [3.8, 4) is 0 Å². The summed E-state index contributed by atoms with van der Waals surface area (Å²) in [5, 5.41) is 0. The van der Waals surface area contributed by atoms with E-state index >= 15 is 0 Å². The summed E-state index contributed by atoms with van der Waals surface area (Å²) in [6, 6.07) is 0. The largest absolute Gasteiger partial charge is 0.468 e. The first-order chi connectivity index (χ1) is 5.25. The molecule has 0 fully saturated rings. The fourth-order valence-corrected chi connectivity index (χ4v) is 1.14. The van der Waals surface area contributed by atoms with Crippen LogP contribution in [0.1, 0.15) is 12.8 Å². The molecule has 0 radical (unpaired) electrons. The Bertz CT molecular complexity index is 194. The third kappa shape index (κ3) is 2.37. The van der Waals surface area contributed by atoms with Gasteiger partial charge >= 0.3 is 5.97 Å². The minimum absolute atomic E-state index is 0. The summed E-state index contributed by atoms with van der Waals surface area (Å²) < 4.78 is 4.56. The van der Waals surface area contributed by atoms with Crippen LogP contribution in [-0.4, -0.2) is 25.5 Å². The highest BCUT2D eigenvalue weighted by molar-refractivity contribution is 6.00. The van der Waals surface area contributed by atoms with Crippen molar-refractivity contribution in [1.29, 1.82) is 0 Å². The Labute approximate surface area is 77.6 Å².